The highest BCUT2D eigenvalue weighted by Crippen LogP contribution is 2.27. The molecule has 0 spiro atoms. The van der Waals surface area contributed by atoms with Crippen molar-refractivity contribution in [1.82, 2.24) is 4.90 Å². The molecule has 4 heteroatoms. The zero-order valence-corrected chi connectivity index (χ0v) is 9.10. The molecular formula is C11H13ClFNO. The van der Waals surface area contributed by atoms with E-state index < -0.39 is 5.82 Å². The van der Waals surface area contributed by atoms with Crippen LogP contribution in [0.2, 0.25) is 5.02 Å². The van der Waals surface area contributed by atoms with Gasteiger partial charge in [-0.3, -0.25) is 4.90 Å². The van der Waals surface area contributed by atoms with Crippen LogP contribution in [0, 0.1) is 5.82 Å². The Labute approximate surface area is 93.3 Å². The summed E-state index contributed by atoms with van der Waals surface area (Å²) in [7, 11) is 0. The van der Waals surface area contributed by atoms with Crippen LogP contribution in [-0.2, 0) is 6.54 Å². The van der Waals surface area contributed by atoms with Crippen LogP contribution in [-0.4, -0.2) is 23.1 Å². The number of benzene rings is 1. The number of hydrogen-bond acceptors (Lipinski definition) is 2. The average molecular weight is 230 g/mol. The monoisotopic (exact) mass is 229 g/mol. The molecule has 0 unspecified atom stereocenters. The Morgan fingerprint density at radius 2 is 2.00 bits per heavy atom. The molecule has 1 fully saturated rings. The summed E-state index contributed by atoms with van der Waals surface area (Å²) in [5.74, 6) is -0.547. The maximum Gasteiger partial charge on any atom is 0.132 e. The van der Waals surface area contributed by atoms with Gasteiger partial charge in [0.2, 0.25) is 0 Å². The van der Waals surface area contributed by atoms with Gasteiger partial charge in [0.1, 0.15) is 11.6 Å². The second-order valence-corrected chi connectivity index (χ2v) is 4.28. The Hall–Kier alpha value is -0.800. The van der Waals surface area contributed by atoms with Crippen LogP contribution in [0.25, 0.3) is 0 Å². The molecule has 82 valence electrons. The number of phenols is 1. The fraction of sp³-hybridized carbons (Fsp3) is 0.455. The number of halogens is 2. The standard InChI is InChI=1S/C11H13ClFNO/c12-10-5-8(15)6-11(13)9(10)7-14-3-1-2-4-14/h5-6,15H,1-4,7H2. The molecule has 2 rings (SSSR count). The molecule has 15 heavy (non-hydrogen) atoms. The molecule has 0 aromatic heterocycles. The first-order valence-electron chi connectivity index (χ1n) is 5.06. The smallest absolute Gasteiger partial charge is 0.132 e. The van der Waals surface area contributed by atoms with Crippen molar-refractivity contribution in [2.24, 2.45) is 0 Å². The zero-order chi connectivity index (χ0) is 10.8. The predicted molar refractivity (Wildman–Crippen MR) is 57.6 cm³/mol. The first-order valence-corrected chi connectivity index (χ1v) is 5.44. The van der Waals surface area contributed by atoms with Gasteiger partial charge in [-0.15, -0.1) is 0 Å². The Kier molecular flexibility index (Phi) is 3.12. The van der Waals surface area contributed by atoms with Crippen molar-refractivity contribution in [2.45, 2.75) is 19.4 Å². The van der Waals surface area contributed by atoms with Crippen molar-refractivity contribution in [3.63, 3.8) is 0 Å². The second-order valence-electron chi connectivity index (χ2n) is 3.87. The van der Waals surface area contributed by atoms with Gasteiger partial charge in [0, 0.05) is 18.2 Å². The van der Waals surface area contributed by atoms with Gasteiger partial charge in [-0.25, -0.2) is 4.39 Å². The fourth-order valence-corrected chi connectivity index (χ4v) is 2.17. The molecular weight excluding hydrogens is 217 g/mol. The van der Waals surface area contributed by atoms with Gasteiger partial charge >= 0.3 is 0 Å². The molecule has 0 amide bonds. The first-order chi connectivity index (χ1) is 7.16. The Balaban J connectivity index is 2.19. The van der Waals surface area contributed by atoms with Crippen LogP contribution in [0.1, 0.15) is 18.4 Å². The van der Waals surface area contributed by atoms with Gasteiger partial charge in [0.15, 0.2) is 0 Å². The van der Waals surface area contributed by atoms with Crippen LogP contribution in [0.15, 0.2) is 12.1 Å². The molecule has 0 bridgehead atoms. The third-order valence-electron chi connectivity index (χ3n) is 2.71. The molecule has 1 heterocycles. The molecule has 0 saturated carbocycles. The van der Waals surface area contributed by atoms with E-state index in [0.29, 0.717) is 17.1 Å². The largest absolute Gasteiger partial charge is 0.508 e. The predicted octanol–water partition coefficient (Wildman–Crippen LogP) is 2.78. The van der Waals surface area contributed by atoms with E-state index in [1.54, 1.807) is 0 Å². The van der Waals surface area contributed by atoms with Crippen molar-refractivity contribution >= 4 is 11.6 Å². The molecule has 2 nitrogen and oxygen atoms in total. The number of phenolic OH excluding ortho intramolecular Hbond substituents is 1. The van der Waals surface area contributed by atoms with Gasteiger partial charge in [0.25, 0.3) is 0 Å². The molecule has 1 aliphatic heterocycles. The number of likely N-dealkylation sites (tertiary alicyclic amines) is 1. The number of aromatic hydroxyl groups is 1. The number of rotatable bonds is 2. The van der Waals surface area contributed by atoms with Crippen LogP contribution in [0.5, 0.6) is 5.75 Å². The first kappa shape index (κ1) is 10.7. The summed E-state index contributed by atoms with van der Waals surface area (Å²) in [5.41, 5.74) is 0.483. The fourth-order valence-electron chi connectivity index (χ4n) is 1.91. The van der Waals surface area contributed by atoms with E-state index in [4.69, 9.17) is 16.7 Å². The maximum atomic E-state index is 13.5. The number of nitrogens with zero attached hydrogens (tertiary/aromatic N) is 1. The van der Waals surface area contributed by atoms with Gasteiger partial charge in [-0.1, -0.05) is 11.6 Å². The van der Waals surface area contributed by atoms with Crippen LogP contribution in [0.4, 0.5) is 4.39 Å². The molecule has 1 saturated heterocycles. The summed E-state index contributed by atoms with van der Waals surface area (Å²) in [4.78, 5) is 2.17. The van der Waals surface area contributed by atoms with E-state index >= 15 is 0 Å². The van der Waals surface area contributed by atoms with E-state index in [1.807, 2.05) is 0 Å². The average Bonchev–Trinajstić information content (AvgIpc) is 2.63. The molecule has 0 aliphatic carbocycles. The Morgan fingerprint density at radius 3 is 2.60 bits per heavy atom. The summed E-state index contributed by atoms with van der Waals surface area (Å²) < 4.78 is 13.5. The van der Waals surface area contributed by atoms with E-state index in [0.717, 1.165) is 32.0 Å². The van der Waals surface area contributed by atoms with Crippen molar-refractivity contribution in [2.75, 3.05) is 13.1 Å². The third kappa shape index (κ3) is 2.41. The highest BCUT2D eigenvalue weighted by Gasteiger charge is 2.16. The highest BCUT2D eigenvalue weighted by atomic mass is 35.5. The van der Waals surface area contributed by atoms with Crippen molar-refractivity contribution < 1.29 is 9.50 Å². The van der Waals surface area contributed by atoms with E-state index in [9.17, 15) is 4.39 Å². The quantitative estimate of drug-likeness (QED) is 0.843. The minimum atomic E-state index is -0.424. The SMILES string of the molecule is Oc1cc(F)c(CN2CCCC2)c(Cl)c1. The van der Waals surface area contributed by atoms with Crippen molar-refractivity contribution in [3.05, 3.63) is 28.5 Å². The lowest BCUT2D eigenvalue weighted by molar-refractivity contribution is 0.325. The third-order valence-corrected chi connectivity index (χ3v) is 3.04. The highest BCUT2D eigenvalue weighted by molar-refractivity contribution is 6.31. The van der Waals surface area contributed by atoms with E-state index in [-0.39, 0.29) is 5.75 Å². The lowest BCUT2D eigenvalue weighted by Crippen LogP contribution is -2.19. The van der Waals surface area contributed by atoms with Gasteiger partial charge in [-0.05, 0) is 32.0 Å². The Morgan fingerprint density at radius 1 is 1.33 bits per heavy atom. The molecule has 1 aliphatic rings. The topological polar surface area (TPSA) is 23.5 Å². The zero-order valence-electron chi connectivity index (χ0n) is 8.34. The molecule has 0 radical (unpaired) electrons. The normalized spacial score (nSPS) is 17.2. The van der Waals surface area contributed by atoms with Crippen LogP contribution >= 0.6 is 11.6 Å². The maximum absolute atomic E-state index is 13.5. The van der Waals surface area contributed by atoms with Crippen LogP contribution in [0.3, 0.4) is 0 Å². The summed E-state index contributed by atoms with van der Waals surface area (Å²) in [6.07, 6.45) is 2.33. The molecule has 0 atom stereocenters. The summed E-state index contributed by atoms with van der Waals surface area (Å²) in [6, 6.07) is 2.49. The van der Waals surface area contributed by atoms with Gasteiger partial charge < -0.3 is 5.11 Å². The molecule has 1 N–H and O–H groups in total. The van der Waals surface area contributed by atoms with E-state index in [1.165, 1.54) is 6.07 Å². The van der Waals surface area contributed by atoms with Crippen molar-refractivity contribution in [1.29, 1.82) is 0 Å². The lowest BCUT2D eigenvalue weighted by atomic mass is 10.2. The second kappa shape index (κ2) is 4.37. The van der Waals surface area contributed by atoms with Crippen LogP contribution < -0.4 is 0 Å². The van der Waals surface area contributed by atoms with Gasteiger partial charge in [0.05, 0.1) is 5.02 Å². The molecule has 1 aromatic carbocycles. The molecule has 1 aromatic rings. The minimum Gasteiger partial charge on any atom is -0.508 e. The summed E-state index contributed by atoms with van der Waals surface area (Å²) in [5, 5.41) is 9.45. The lowest BCUT2D eigenvalue weighted by Gasteiger charge is -2.16. The van der Waals surface area contributed by atoms with Gasteiger partial charge in [-0.2, -0.15) is 0 Å². The Bertz CT molecular complexity index is 341. The van der Waals surface area contributed by atoms with Crippen molar-refractivity contribution in [3.8, 4) is 5.75 Å². The van der Waals surface area contributed by atoms with E-state index in [2.05, 4.69) is 4.90 Å². The minimum absolute atomic E-state index is 0.123. The summed E-state index contributed by atoms with van der Waals surface area (Å²) in [6.45, 7) is 2.53. The summed E-state index contributed by atoms with van der Waals surface area (Å²) >= 11 is 5.89. The number of hydrogen-bond donors (Lipinski definition) is 1.